The molecule has 1 aliphatic rings. The first-order valence-electron chi connectivity index (χ1n) is 6.33. The van der Waals surface area contributed by atoms with Crippen molar-refractivity contribution in [3.05, 3.63) is 0 Å². The van der Waals surface area contributed by atoms with Crippen molar-refractivity contribution >= 4 is 15.8 Å². The standard InChI is InChI=1S/C12H23NO4S/c1-9(12(14)15)8-13(2)10-5-4-6-11(7-10)18(3,16)17/h9-11H,4-8H2,1-3H3,(H,14,15). The van der Waals surface area contributed by atoms with Crippen LogP contribution in [0, 0.1) is 5.92 Å². The fraction of sp³-hybridized carbons (Fsp3) is 0.917. The zero-order valence-corrected chi connectivity index (χ0v) is 12.1. The summed E-state index contributed by atoms with van der Waals surface area (Å²) in [6, 6.07) is 0.181. The molecule has 0 bridgehead atoms. The van der Waals surface area contributed by atoms with Crippen LogP contribution in [0.1, 0.15) is 32.6 Å². The van der Waals surface area contributed by atoms with E-state index in [4.69, 9.17) is 5.11 Å². The molecule has 0 amide bonds. The topological polar surface area (TPSA) is 74.7 Å². The Bertz CT molecular complexity index is 393. The highest BCUT2D eigenvalue weighted by molar-refractivity contribution is 7.91. The Balaban J connectivity index is 2.58. The summed E-state index contributed by atoms with van der Waals surface area (Å²) in [5.74, 6) is -1.23. The molecule has 1 aliphatic carbocycles. The van der Waals surface area contributed by atoms with Crippen molar-refractivity contribution in [1.82, 2.24) is 4.90 Å². The summed E-state index contributed by atoms with van der Waals surface area (Å²) in [7, 11) is -1.10. The van der Waals surface area contributed by atoms with Crippen LogP contribution in [-0.4, -0.2) is 55.5 Å². The van der Waals surface area contributed by atoms with Gasteiger partial charge in [0.2, 0.25) is 0 Å². The molecule has 1 rings (SSSR count). The predicted octanol–water partition coefficient (Wildman–Crippen LogP) is 0.995. The van der Waals surface area contributed by atoms with Crippen molar-refractivity contribution in [3.63, 3.8) is 0 Å². The van der Waals surface area contributed by atoms with E-state index in [-0.39, 0.29) is 11.3 Å². The molecular formula is C12H23NO4S. The lowest BCUT2D eigenvalue weighted by molar-refractivity contribution is -0.141. The first-order chi connectivity index (χ1) is 8.21. The first kappa shape index (κ1) is 15.4. The molecule has 0 heterocycles. The second-order valence-electron chi connectivity index (χ2n) is 5.45. The van der Waals surface area contributed by atoms with Crippen LogP contribution in [0.15, 0.2) is 0 Å². The highest BCUT2D eigenvalue weighted by Gasteiger charge is 2.31. The van der Waals surface area contributed by atoms with Gasteiger partial charge < -0.3 is 10.0 Å². The molecule has 1 saturated carbocycles. The highest BCUT2D eigenvalue weighted by Crippen LogP contribution is 2.27. The third-order valence-electron chi connectivity index (χ3n) is 3.81. The van der Waals surface area contributed by atoms with E-state index in [0.717, 1.165) is 19.3 Å². The van der Waals surface area contributed by atoms with Crippen molar-refractivity contribution in [3.8, 4) is 0 Å². The minimum atomic E-state index is -2.98. The van der Waals surface area contributed by atoms with E-state index in [1.165, 1.54) is 6.26 Å². The van der Waals surface area contributed by atoms with Gasteiger partial charge in [0, 0.05) is 18.8 Å². The molecule has 3 unspecified atom stereocenters. The van der Waals surface area contributed by atoms with Crippen molar-refractivity contribution in [2.75, 3.05) is 19.8 Å². The van der Waals surface area contributed by atoms with E-state index in [0.29, 0.717) is 13.0 Å². The SMILES string of the molecule is CC(CN(C)C1CCCC(S(C)(=O)=O)C1)C(=O)O. The van der Waals surface area contributed by atoms with Crippen molar-refractivity contribution in [2.45, 2.75) is 43.9 Å². The Morgan fingerprint density at radius 1 is 1.44 bits per heavy atom. The zero-order chi connectivity index (χ0) is 13.9. The van der Waals surface area contributed by atoms with Crippen LogP contribution in [0.25, 0.3) is 0 Å². The maximum absolute atomic E-state index is 11.6. The second-order valence-corrected chi connectivity index (χ2v) is 7.78. The smallest absolute Gasteiger partial charge is 0.307 e. The number of hydrogen-bond acceptors (Lipinski definition) is 4. The molecule has 0 aromatic carbocycles. The van der Waals surface area contributed by atoms with E-state index in [9.17, 15) is 13.2 Å². The van der Waals surface area contributed by atoms with Gasteiger partial charge in [0.25, 0.3) is 0 Å². The molecule has 0 spiro atoms. The Labute approximate surface area is 109 Å². The highest BCUT2D eigenvalue weighted by atomic mass is 32.2. The Morgan fingerprint density at radius 3 is 2.56 bits per heavy atom. The van der Waals surface area contributed by atoms with Crippen LogP contribution in [-0.2, 0) is 14.6 Å². The van der Waals surface area contributed by atoms with Gasteiger partial charge in [-0.15, -0.1) is 0 Å². The molecule has 1 N–H and O–H groups in total. The summed E-state index contributed by atoms with van der Waals surface area (Å²) in [5.41, 5.74) is 0. The molecule has 5 nitrogen and oxygen atoms in total. The van der Waals surface area contributed by atoms with Gasteiger partial charge in [0.05, 0.1) is 11.2 Å². The number of aliphatic carboxylic acids is 1. The van der Waals surface area contributed by atoms with Gasteiger partial charge in [-0.1, -0.05) is 13.3 Å². The summed E-state index contributed by atoms with van der Waals surface area (Å²) < 4.78 is 23.1. The van der Waals surface area contributed by atoms with Gasteiger partial charge in [-0.2, -0.15) is 0 Å². The number of carboxylic acid groups (broad SMARTS) is 1. The first-order valence-corrected chi connectivity index (χ1v) is 8.29. The fourth-order valence-corrected chi connectivity index (χ4v) is 3.74. The molecule has 0 aromatic rings. The summed E-state index contributed by atoms with van der Waals surface area (Å²) in [6.07, 6.45) is 4.50. The summed E-state index contributed by atoms with van der Waals surface area (Å²) in [6.45, 7) is 2.15. The zero-order valence-electron chi connectivity index (χ0n) is 11.3. The molecule has 0 radical (unpaired) electrons. The number of hydrogen-bond donors (Lipinski definition) is 1. The van der Waals surface area contributed by atoms with Crippen LogP contribution >= 0.6 is 0 Å². The molecule has 3 atom stereocenters. The predicted molar refractivity (Wildman–Crippen MR) is 70.3 cm³/mol. The van der Waals surface area contributed by atoms with E-state index in [1.807, 2.05) is 11.9 Å². The van der Waals surface area contributed by atoms with Crippen LogP contribution in [0.3, 0.4) is 0 Å². The molecule has 6 heteroatoms. The van der Waals surface area contributed by atoms with E-state index >= 15 is 0 Å². The third-order valence-corrected chi connectivity index (χ3v) is 5.45. The lowest BCUT2D eigenvalue weighted by atomic mass is 9.93. The lowest BCUT2D eigenvalue weighted by Crippen LogP contribution is -2.42. The molecule has 1 fully saturated rings. The van der Waals surface area contributed by atoms with Crippen LogP contribution in [0.2, 0.25) is 0 Å². The average Bonchev–Trinajstić information content (AvgIpc) is 2.27. The molecule has 106 valence electrons. The van der Waals surface area contributed by atoms with Crippen molar-refractivity contribution in [1.29, 1.82) is 0 Å². The Hall–Kier alpha value is -0.620. The molecular weight excluding hydrogens is 254 g/mol. The molecule has 0 aromatic heterocycles. The van der Waals surface area contributed by atoms with E-state index < -0.39 is 21.7 Å². The number of rotatable bonds is 5. The maximum Gasteiger partial charge on any atom is 0.307 e. The number of sulfone groups is 1. The van der Waals surface area contributed by atoms with Gasteiger partial charge in [-0.25, -0.2) is 8.42 Å². The number of nitrogens with zero attached hydrogens (tertiary/aromatic N) is 1. The van der Waals surface area contributed by atoms with Crippen LogP contribution < -0.4 is 0 Å². The lowest BCUT2D eigenvalue weighted by Gasteiger charge is -2.35. The number of carbonyl (C=O) groups is 1. The van der Waals surface area contributed by atoms with E-state index in [1.54, 1.807) is 6.92 Å². The Morgan fingerprint density at radius 2 is 2.06 bits per heavy atom. The van der Waals surface area contributed by atoms with Crippen molar-refractivity contribution < 1.29 is 18.3 Å². The molecule has 0 saturated heterocycles. The van der Waals surface area contributed by atoms with Crippen LogP contribution in [0.5, 0.6) is 0 Å². The van der Waals surface area contributed by atoms with Gasteiger partial charge >= 0.3 is 5.97 Å². The minimum Gasteiger partial charge on any atom is -0.481 e. The van der Waals surface area contributed by atoms with Crippen molar-refractivity contribution in [2.24, 2.45) is 5.92 Å². The van der Waals surface area contributed by atoms with Gasteiger partial charge in [-0.3, -0.25) is 4.79 Å². The second kappa shape index (κ2) is 6.02. The van der Waals surface area contributed by atoms with Gasteiger partial charge in [-0.05, 0) is 26.3 Å². The maximum atomic E-state index is 11.6. The summed E-state index contributed by atoms with van der Waals surface area (Å²) >= 11 is 0. The monoisotopic (exact) mass is 277 g/mol. The quantitative estimate of drug-likeness (QED) is 0.811. The van der Waals surface area contributed by atoms with E-state index in [2.05, 4.69) is 0 Å². The minimum absolute atomic E-state index is 0.181. The largest absolute Gasteiger partial charge is 0.481 e. The average molecular weight is 277 g/mol. The summed E-state index contributed by atoms with van der Waals surface area (Å²) in [4.78, 5) is 12.8. The molecule has 0 aliphatic heterocycles. The summed E-state index contributed by atoms with van der Waals surface area (Å²) in [5, 5.41) is 8.62. The van der Waals surface area contributed by atoms with Gasteiger partial charge in [0.15, 0.2) is 0 Å². The van der Waals surface area contributed by atoms with Crippen LogP contribution in [0.4, 0.5) is 0 Å². The number of carboxylic acids is 1. The molecule has 18 heavy (non-hydrogen) atoms. The Kier molecular flexibility index (Phi) is 5.16. The third kappa shape index (κ3) is 4.24. The normalized spacial score (nSPS) is 27.1. The van der Waals surface area contributed by atoms with Gasteiger partial charge in [0.1, 0.15) is 9.84 Å². The fourth-order valence-electron chi connectivity index (χ4n) is 2.57.